The Morgan fingerprint density at radius 3 is 2.80 bits per heavy atom. The van der Waals surface area contributed by atoms with Crippen LogP contribution in [0.1, 0.15) is 42.1 Å². The summed E-state index contributed by atoms with van der Waals surface area (Å²) in [5.41, 5.74) is 3.04. The van der Waals surface area contributed by atoms with E-state index < -0.39 is 0 Å². The summed E-state index contributed by atoms with van der Waals surface area (Å²) in [5, 5.41) is 0. The van der Waals surface area contributed by atoms with Crippen LogP contribution in [0.15, 0.2) is 42.6 Å². The Morgan fingerprint density at radius 2 is 2.08 bits per heavy atom. The van der Waals surface area contributed by atoms with Crippen LogP contribution in [-0.2, 0) is 20.8 Å². The lowest BCUT2D eigenvalue weighted by molar-refractivity contribution is -0.168. The molecule has 1 aromatic carbocycles. The molecule has 1 aliphatic heterocycles. The number of pyridine rings is 1. The van der Waals surface area contributed by atoms with E-state index in [1.807, 2.05) is 24.3 Å². The quantitative estimate of drug-likeness (QED) is 0.744. The van der Waals surface area contributed by atoms with Gasteiger partial charge in [-0.1, -0.05) is 24.3 Å². The molecule has 0 N–H and O–H groups in total. The molecular formula is C20H23NO4. The number of benzene rings is 1. The number of aromatic nitrogens is 1. The molecular weight excluding hydrogens is 318 g/mol. The van der Waals surface area contributed by atoms with Crippen molar-refractivity contribution in [2.45, 2.75) is 39.1 Å². The first-order chi connectivity index (χ1) is 12.3. The van der Waals surface area contributed by atoms with Gasteiger partial charge in [0.15, 0.2) is 6.29 Å². The number of ether oxygens (including phenoxy) is 3. The minimum atomic E-state index is -0.354. The van der Waals surface area contributed by atoms with Crippen LogP contribution in [0.25, 0.3) is 11.3 Å². The molecule has 0 radical (unpaired) electrons. The van der Waals surface area contributed by atoms with Gasteiger partial charge >= 0.3 is 5.97 Å². The first-order valence-corrected chi connectivity index (χ1v) is 8.72. The molecule has 1 aliphatic rings. The largest absolute Gasteiger partial charge is 0.462 e. The molecule has 0 bridgehead atoms. The molecule has 2 aromatic rings. The third-order valence-electron chi connectivity index (χ3n) is 4.10. The molecule has 1 unspecified atom stereocenters. The van der Waals surface area contributed by atoms with Gasteiger partial charge in [0.25, 0.3) is 0 Å². The van der Waals surface area contributed by atoms with Crippen molar-refractivity contribution in [1.29, 1.82) is 0 Å². The van der Waals surface area contributed by atoms with Gasteiger partial charge in [0.2, 0.25) is 0 Å². The van der Waals surface area contributed by atoms with Crippen LogP contribution in [0.3, 0.4) is 0 Å². The summed E-state index contributed by atoms with van der Waals surface area (Å²) in [7, 11) is 0. The topological polar surface area (TPSA) is 57.7 Å². The van der Waals surface area contributed by atoms with Gasteiger partial charge in [0.1, 0.15) is 0 Å². The van der Waals surface area contributed by atoms with E-state index in [0.29, 0.717) is 24.5 Å². The monoisotopic (exact) mass is 341 g/mol. The van der Waals surface area contributed by atoms with Gasteiger partial charge in [-0.2, -0.15) is 0 Å². The van der Waals surface area contributed by atoms with Crippen LogP contribution in [0.2, 0.25) is 0 Å². The Morgan fingerprint density at radius 1 is 1.24 bits per heavy atom. The van der Waals surface area contributed by atoms with E-state index in [0.717, 1.165) is 37.0 Å². The lowest BCUT2D eigenvalue weighted by Crippen LogP contribution is -2.21. The summed E-state index contributed by atoms with van der Waals surface area (Å²) in [6, 6.07) is 11.3. The standard InChI is InChI=1S/C20H23NO4/c1-2-23-20(22)17-6-5-12-21-19(17)16-10-8-15(9-11-16)14-25-18-7-3-4-13-24-18/h5-6,8-12,18H,2-4,7,13-14H2,1H3. The number of nitrogens with zero attached hydrogens (tertiary/aromatic N) is 1. The van der Waals surface area contributed by atoms with E-state index in [1.54, 1.807) is 25.3 Å². The van der Waals surface area contributed by atoms with Crippen molar-refractivity contribution in [1.82, 2.24) is 4.98 Å². The average molecular weight is 341 g/mol. The number of esters is 1. The van der Waals surface area contributed by atoms with Gasteiger partial charge in [0.05, 0.1) is 24.5 Å². The highest BCUT2D eigenvalue weighted by Gasteiger charge is 2.16. The predicted molar refractivity (Wildman–Crippen MR) is 94.0 cm³/mol. The summed E-state index contributed by atoms with van der Waals surface area (Å²) in [5.74, 6) is -0.354. The van der Waals surface area contributed by atoms with Crippen LogP contribution in [0, 0.1) is 0 Å². The van der Waals surface area contributed by atoms with Crippen molar-refractivity contribution in [3.63, 3.8) is 0 Å². The van der Waals surface area contributed by atoms with Gasteiger partial charge in [-0.3, -0.25) is 4.98 Å². The number of rotatable bonds is 6. The minimum Gasteiger partial charge on any atom is -0.462 e. The molecule has 0 saturated carbocycles. The molecule has 132 valence electrons. The Hall–Kier alpha value is -2.24. The SMILES string of the molecule is CCOC(=O)c1cccnc1-c1ccc(COC2CCCCO2)cc1. The van der Waals surface area contributed by atoms with Crippen LogP contribution in [0.4, 0.5) is 0 Å². The Kier molecular flexibility index (Phi) is 6.14. The van der Waals surface area contributed by atoms with Crippen molar-refractivity contribution in [2.24, 2.45) is 0 Å². The smallest absolute Gasteiger partial charge is 0.340 e. The second-order valence-electron chi connectivity index (χ2n) is 5.92. The highest BCUT2D eigenvalue weighted by Crippen LogP contribution is 2.23. The van der Waals surface area contributed by atoms with E-state index >= 15 is 0 Å². The molecule has 1 aromatic heterocycles. The molecule has 1 saturated heterocycles. The number of hydrogen-bond acceptors (Lipinski definition) is 5. The zero-order valence-electron chi connectivity index (χ0n) is 14.4. The second-order valence-corrected chi connectivity index (χ2v) is 5.92. The van der Waals surface area contributed by atoms with Gasteiger partial charge in [-0.05, 0) is 43.9 Å². The fourth-order valence-corrected chi connectivity index (χ4v) is 2.80. The van der Waals surface area contributed by atoms with E-state index in [-0.39, 0.29) is 12.3 Å². The third-order valence-corrected chi connectivity index (χ3v) is 4.10. The van der Waals surface area contributed by atoms with Crippen LogP contribution in [0.5, 0.6) is 0 Å². The van der Waals surface area contributed by atoms with Crippen LogP contribution < -0.4 is 0 Å². The highest BCUT2D eigenvalue weighted by molar-refractivity contribution is 5.96. The number of carbonyl (C=O) groups is 1. The van der Waals surface area contributed by atoms with Crippen molar-refractivity contribution in [3.05, 3.63) is 53.7 Å². The fourth-order valence-electron chi connectivity index (χ4n) is 2.80. The summed E-state index contributed by atoms with van der Waals surface area (Å²) < 4.78 is 16.5. The molecule has 25 heavy (non-hydrogen) atoms. The Bertz CT molecular complexity index is 693. The van der Waals surface area contributed by atoms with E-state index in [2.05, 4.69) is 4.98 Å². The summed E-state index contributed by atoms with van der Waals surface area (Å²) in [6.07, 6.45) is 4.80. The van der Waals surface area contributed by atoms with E-state index in [4.69, 9.17) is 14.2 Å². The van der Waals surface area contributed by atoms with Crippen LogP contribution >= 0.6 is 0 Å². The van der Waals surface area contributed by atoms with Gasteiger partial charge in [-0.15, -0.1) is 0 Å². The molecule has 2 heterocycles. The summed E-state index contributed by atoms with van der Waals surface area (Å²) in [6.45, 7) is 3.42. The zero-order valence-corrected chi connectivity index (χ0v) is 14.4. The first-order valence-electron chi connectivity index (χ1n) is 8.72. The molecule has 3 rings (SSSR count). The van der Waals surface area contributed by atoms with Crippen molar-refractivity contribution >= 4 is 5.97 Å². The maximum Gasteiger partial charge on any atom is 0.340 e. The van der Waals surface area contributed by atoms with Gasteiger partial charge in [-0.25, -0.2) is 4.79 Å². The third kappa shape index (κ3) is 4.65. The van der Waals surface area contributed by atoms with Gasteiger partial charge in [0, 0.05) is 18.4 Å². The molecule has 0 amide bonds. The average Bonchev–Trinajstić information content (AvgIpc) is 2.68. The lowest BCUT2D eigenvalue weighted by Gasteiger charge is -2.22. The molecule has 0 spiro atoms. The van der Waals surface area contributed by atoms with Crippen molar-refractivity contribution in [2.75, 3.05) is 13.2 Å². The maximum absolute atomic E-state index is 12.1. The van der Waals surface area contributed by atoms with Gasteiger partial charge < -0.3 is 14.2 Å². The molecule has 1 atom stereocenters. The van der Waals surface area contributed by atoms with E-state index in [1.165, 1.54) is 0 Å². The van der Waals surface area contributed by atoms with Crippen LogP contribution in [-0.4, -0.2) is 30.5 Å². The molecule has 0 aliphatic carbocycles. The zero-order chi connectivity index (χ0) is 17.5. The Labute approximate surface area is 147 Å². The Balaban J connectivity index is 1.69. The molecule has 1 fully saturated rings. The minimum absolute atomic E-state index is 0.0976. The maximum atomic E-state index is 12.1. The van der Waals surface area contributed by atoms with Crippen molar-refractivity contribution in [3.8, 4) is 11.3 Å². The molecule has 5 heteroatoms. The lowest BCUT2D eigenvalue weighted by atomic mass is 10.0. The van der Waals surface area contributed by atoms with Crippen molar-refractivity contribution < 1.29 is 19.0 Å². The normalized spacial score (nSPS) is 17.2. The number of hydrogen-bond donors (Lipinski definition) is 0. The summed E-state index contributed by atoms with van der Waals surface area (Å²) >= 11 is 0. The molecule has 5 nitrogen and oxygen atoms in total. The second kappa shape index (κ2) is 8.74. The fraction of sp³-hybridized carbons (Fsp3) is 0.400. The highest BCUT2D eigenvalue weighted by atomic mass is 16.7. The van der Waals surface area contributed by atoms with E-state index in [9.17, 15) is 4.79 Å². The summed E-state index contributed by atoms with van der Waals surface area (Å²) in [4.78, 5) is 16.4. The first kappa shape index (κ1) is 17.6. The predicted octanol–water partition coefficient (Wildman–Crippen LogP) is 3.97. The number of carbonyl (C=O) groups excluding carboxylic acids is 1.